The first-order valence-electron chi connectivity index (χ1n) is 7.02. The lowest BCUT2D eigenvalue weighted by molar-refractivity contribution is -0.177. The molecule has 1 rings (SSSR count). The van der Waals surface area contributed by atoms with Crippen molar-refractivity contribution >= 4 is 11.9 Å². The molecule has 0 spiro atoms. The molecule has 5 nitrogen and oxygen atoms in total. The van der Waals surface area contributed by atoms with Crippen molar-refractivity contribution in [2.45, 2.75) is 52.7 Å². The van der Waals surface area contributed by atoms with Gasteiger partial charge in [0.15, 0.2) is 0 Å². The van der Waals surface area contributed by atoms with Crippen LogP contribution in [0.15, 0.2) is 24.4 Å². The van der Waals surface area contributed by atoms with E-state index in [0.717, 1.165) is 0 Å². The minimum Gasteiger partial charge on any atom is -0.457 e. The second-order valence-corrected chi connectivity index (χ2v) is 6.26. The molecular weight excluding hydrogens is 270 g/mol. The van der Waals surface area contributed by atoms with E-state index in [0.29, 0.717) is 5.69 Å². The Morgan fingerprint density at radius 1 is 1.24 bits per heavy atom. The van der Waals surface area contributed by atoms with Gasteiger partial charge in [-0.3, -0.25) is 9.78 Å². The van der Waals surface area contributed by atoms with Crippen LogP contribution in [0.25, 0.3) is 0 Å². The number of pyridine rings is 1. The fraction of sp³-hybridized carbons (Fsp3) is 0.562. The van der Waals surface area contributed by atoms with Crippen LogP contribution < -0.4 is 0 Å². The first-order valence-corrected chi connectivity index (χ1v) is 7.02. The number of esters is 2. The van der Waals surface area contributed by atoms with Crippen LogP contribution in [-0.4, -0.2) is 22.5 Å². The highest BCUT2D eigenvalue weighted by Crippen LogP contribution is 2.21. The summed E-state index contributed by atoms with van der Waals surface area (Å²) in [4.78, 5) is 28.2. The Morgan fingerprint density at radius 2 is 1.90 bits per heavy atom. The molecule has 0 N–H and O–H groups in total. The van der Waals surface area contributed by atoms with E-state index in [-0.39, 0.29) is 12.3 Å². The van der Waals surface area contributed by atoms with E-state index >= 15 is 0 Å². The molecular formula is C16H23NO4. The van der Waals surface area contributed by atoms with Gasteiger partial charge < -0.3 is 9.47 Å². The molecule has 0 aliphatic heterocycles. The van der Waals surface area contributed by atoms with E-state index in [1.54, 1.807) is 45.2 Å². The molecule has 0 aliphatic rings. The average Bonchev–Trinajstić information content (AvgIpc) is 2.34. The van der Waals surface area contributed by atoms with Gasteiger partial charge in [-0.05, 0) is 38.8 Å². The van der Waals surface area contributed by atoms with Crippen molar-refractivity contribution in [1.82, 2.24) is 4.98 Å². The Hall–Kier alpha value is -1.91. The molecule has 0 aliphatic carbocycles. The van der Waals surface area contributed by atoms with Gasteiger partial charge in [-0.1, -0.05) is 19.9 Å². The zero-order chi connectivity index (χ0) is 16.0. The fourth-order valence-electron chi connectivity index (χ4n) is 1.63. The lowest BCUT2D eigenvalue weighted by atomic mass is 10.1. The summed E-state index contributed by atoms with van der Waals surface area (Å²) >= 11 is 0. The van der Waals surface area contributed by atoms with Gasteiger partial charge >= 0.3 is 11.9 Å². The van der Waals surface area contributed by atoms with Crippen LogP contribution in [0.2, 0.25) is 0 Å². The Bertz CT molecular complexity index is 477. The largest absolute Gasteiger partial charge is 0.457 e. The third-order valence-corrected chi connectivity index (χ3v) is 2.40. The second kappa shape index (κ2) is 7.20. The summed E-state index contributed by atoms with van der Waals surface area (Å²) in [6.07, 6.45) is 0.659. The van der Waals surface area contributed by atoms with E-state index in [1.807, 2.05) is 13.8 Å². The van der Waals surface area contributed by atoms with Crippen molar-refractivity contribution in [3.63, 3.8) is 0 Å². The average molecular weight is 293 g/mol. The van der Waals surface area contributed by atoms with Crippen molar-refractivity contribution in [2.24, 2.45) is 5.92 Å². The normalized spacial score (nSPS) is 12.9. The van der Waals surface area contributed by atoms with E-state index in [4.69, 9.17) is 9.47 Å². The predicted octanol–water partition coefficient (Wildman–Crippen LogP) is 3.05. The predicted molar refractivity (Wildman–Crippen MR) is 78.4 cm³/mol. The SMILES string of the molecule is CC(C)CC(=O)OC(C(=O)OC(C)(C)C)c1ccccn1. The zero-order valence-corrected chi connectivity index (χ0v) is 13.3. The van der Waals surface area contributed by atoms with Crippen LogP contribution in [0.1, 0.15) is 52.8 Å². The minimum absolute atomic E-state index is 0.153. The number of carbonyl (C=O) groups is 2. The first kappa shape index (κ1) is 17.1. The van der Waals surface area contributed by atoms with Crippen LogP contribution in [0.3, 0.4) is 0 Å². The number of rotatable bonds is 5. The first-order chi connectivity index (χ1) is 9.69. The second-order valence-electron chi connectivity index (χ2n) is 6.26. The molecule has 0 saturated carbocycles. The molecule has 1 heterocycles. The number of ether oxygens (including phenoxy) is 2. The van der Waals surface area contributed by atoms with Crippen molar-refractivity contribution in [3.05, 3.63) is 30.1 Å². The van der Waals surface area contributed by atoms with Crippen molar-refractivity contribution in [2.75, 3.05) is 0 Å². The Morgan fingerprint density at radius 3 is 2.38 bits per heavy atom. The summed E-state index contributed by atoms with van der Waals surface area (Å²) in [5, 5.41) is 0. The van der Waals surface area contributed by atoms with Gasteiger partial charge in [0.2, 0.25) is 6.10 Å². The van der Waals surface area contributed by atoms with Crippen LogP contribution in [0.5, 0.6) is 0 Å². The van der Waals surface area contributed by atoms with Gasteiger partial charge in [-0.15, -0.1) is 0 Å². The smallest absolute Gasteiger partial charge is 0.354 e. The quantitative estimate of drug-likeness (QED) is 0.781. The van der Waals surface area contributed by atoms with Crippen LogP contribution in [-0.2, 0) is 19.1 Å². The van der Waals surface area contributed by atoms with Crippen LogP contribution in [0, 0.1) is 5.92 Å². The molecule has 5 heteroatoms. The molecule has 1 aromatic rings. The molecule has 0 bridgehead atoms. The van der Waals surface area contributed by atoms with Crippen molar-refractivity contribution in [1.29, 1.82) is 0 Å². The van der Waals surface area contributed by atoms with E-state index in [1.165, 1.54) is 0 Å². The highest BCUT2D eigenvalue weighted by atomic mass is 16.6. The van der Waals surface area contributed by atoms with Crippen LogP contribution in [0.4, 0.5) is 0 Å². The molecule has 0 radical (unpaired) electrons. The highest BCUT2D eigenvalue weighted by Gasteiger charge is 2.31. The van der Waals surface area contributed by atoms with Gasteiger partial charge in [0.05, 0.1) is 5.69 Å². The Kier molecular flexibility index (Phi) is 5.88. The molecule has 21 heavy (non-hydrogen) atoms. The van der Waals surface area contributed by atoms with Gasteiger partial charge in [-0.25, -0.2) is 4.79 Å². The standard InChI is InChI=1S/C16H23NO4/c1-11(2)10-13(18)20-14(12-8-6-7-9-17-12)15(19)21-16(3,4)5/h6-9,11,14H,10H2,1-5H3. The highest BCUT2D eigenvalue weighted by molar-refractivity contribution is 5.80. The molecule has 0 aromatic carbocycles. The summed E-state index contributed by atoms with van der Waals surface area (Å²) in [5.41, 5.74) is -0.293. The number of hydrogen-bond acceptors (Lipinski definition) is 5. The monoisotopic (exact) mass is 293 g/mol. The Labute approximate surface area is 125 Å². The van der Waals surface area contributed by atoms with Crippen molar-refractivity contribution in [3.8, 4) is 0 Å². The van der Waals surface area contributed by atoms with Crippen molar-refractivity contribution < 1.29 is 19.1 Å². The summed E-state index contributed by atoms with van der Waals surface area (Å²) in [7, 11) is 0. The maximum Gasteiger partial charge on any atom is 0.354 e. The van der Waals surface area contributed by atoms with Gasteiger partial charge in [0, 0.05) is 12.6 Å². The van der Waals surface area contributed by atoms with E-state index in [2.05, 4.69) is 4.98 Å². The summed E-state index contributed by atoms with van der Waals surface area (Å²) in [6, 6.07) is 5.10. The fourth-order valence-corrected chi connectivity index (χ4v) is 1.63. The molecule has 0 amide bonds. The zero-order valence-electron chi connectivity index (χ0n) is 13.3. The molecule has 0 fully saturated rings. The molecule has 1 atom stereocenters. The lowest BCUT2D eigenvalue weighted by Crippen LogP contribution is -2.30. The van der Waals surface area contributed by atoms with Crippen LogP contribution >= 0.6 is 0 Å². The third-order valence-electron chi connectivity index (χ3n) is 2.40. The summed E-state index contributed by atoms with van der Waals surface area (Å²) in [6.45, 7) is 9.10. The molecule has 1 unspecified atom stereocenters. The Balaban J connectivity index is 2.90. The number of aromatic nitrogens is 1. The summed E-state index contributed by atoms with van der Waals surface area (Å²) < 4.78 is 10.6. The van der Waals surface area contributed by atoms with Gasteiger partial charge in [0.1, 0.15) is 5.60 Å². The third kappa shape index (κ3) is 6.38. The number of hydrogen-bond donors (Lipinski definition) is 0. The molecule has 0 saturated heterocycles. The number of nitrogens with zero attached hydrogens (tertiary/aromatic N) is 1. The maximum atomic E-state index is 12.2. The number of carbonyl (C=O) groups excluding carboxylic acids is 2. The topological polar surface area (TPSA) is 65.5 Å². The van der Waals surface area contributed by atoms with Gasteiger partial charge in [0.25, 0.3) is 0 Å². The summed E-state index contributed by atoms with van der Waals surface area (Å²) in [5.74, 6) is -0.898. The minimum atomic E-state index is -1.13. The van der Waals surface area contributed by atoms with E-state index in [9.17, 15) is 9.59 Å². The maximum absolute atomic E-state index is 12.2. The lowest BCUT2D eigenvalue weighted by Gasteiger charge is -2.23. The van der Waals surface area contributed by atoms with Gasteiger partial charge in [-0.2, -0.15) is 0 Å². The van der Waals surface area contributed by atoms with E-state index < -0.39 is 23.6 Å². The molecule has 1 aromatic heterocycles. The molecule has 116 valence electrons.